The van der Waals surface area contributed by atoms with Crippen molar-refractivity contribution in [1.82, 2.24) is 9.55 Å². The number of hydrogen-bond acceptors (Lipinski definition) is 4. The molecule has 4 nitrogen and oxygen atoms in total. The van der Waals surface area contributed by atoms with Crippen LogP contribution in [0.3, 0.4) is 0 Å². The molecule has 1 atom stereocenters. The standard InChI is InChI=1S/C9H11Cl2N3OS/c1-2-3-7(16)15-5-14-6(4-12)13-8(10)9(14)11/h7,16H,2-3,5H2,1H3. The van der Waals surface area contributed by atoms with Gasteiger partial charge in [0.25, 0.3) is 0 Å². The van der Waals surface area contributed by atoms with E-state index in [4.69, 9.17) is 33.2 Å². The largest absolute Gasteiger partial charge is 0.347 e. The topological polar surface area (TPSA) is 50.8 Å². The summed E-state index contributed by atoms with van der Waals surface area (Å²) in [6, 6.07) is 1.89. The summed E-state index contributed by atoms with van der Waals surface area (Å²) in [5.74, 6) is 0.132. The second-order valence-electron chi connectivity index (χ2n) is 3.10. The highest BCUT2D eigenvalue weighted by Crippen LogP contribution is 2.23. The molecule has 0 bridgehead atoms. The van der Waals surface area contributed by atoms with E-state index in [2.05, 4.69) is 17.6 Å². The van der Waals surface area contributed by atoms with Crippen molar-refractivity contribution in [1.29, 1.82) is 5.26 Å². The van der Waals surface area contributed by atoms with Crippen molar-refractivity contribution in [3.63, 3.8) is 0 Å². The van der Waals surface area contributed by atoms with Crippen LogP contribution in [0.25, 0.3) is 0 Å². The molecule has 1 rings (SSSR count). The van der Waals surface area contributed by atoms with E-state index in [1.165, 1.54) is 4.57 Å². The monoisotopic (exact) mass is 279 g/mol. The molecule has 0 amide bonds. The highest BCUT2D eigenvalue weighted by molar-refractivity contribution is 7.80. The molecule has 16 heavy (non-hydrogen) atoms. The highest BCUT2D eigenvalue weighted by Gasteiger charge is 2.14. The fraction of sp³-hybridized carbons (Fsp3) is 0.556. The van der Waals surface area contributed by atoms with Gasteiger partial charge in [-0.25, -0.2) is 4.98 Å². The maximum Gasteiger partial charge on any atom is 0.217 e. The van der Waals surface area contributed by atoms with Crippen LogP contribution in [0.1, 0.15) is 25.6 Å². The first-order valence-corrected chi connectivity index (χ1v) is 5.98. The van der Waals surface area contributed by atoms with Gasteiger partial charge in [-0.05, 0) is 6.42 Å². The second-order valence-corrected chi connectivity index (χ2v) is 4.39. The van der Waals surface area contributed by atoms with Crippen molar-refractivity contribution in [3.05, 3.63) is 16.1 Å². The number of rotatable bonds is 5. The van der Waals surface area contributed by atoms with Crippen LogP contribution in [0.2, 0.25) is 10.3 Å². The number of thiol groups is 1. The van der Waals surface area contributed by atoms with Gasteiger partial charge in [0.15, 0.2) is 10.3 Å². The van der Waals surface area contributed by atoms with Gasteiger partial charge in [-0.2, -0.15) is 5.26 Å². The van der Waals surface area contributed by atoms with Crippen LogP contribution in [0.4, 0.5) is 0 Å². The van der Waals surface area contributed by atoms with Crippen LogP contribution in [0.15, 0.2) is 0 Å². The quantitative estimate of drug-likeness (QED) is 0.666. The minimum Gasteiger partial charge on any atom is -0.347 e. The van der Waals surface area contributed by atoms with Gasteiger partial charge in [0, 0.05) is 0 Å². The lowest BCUT2D eigenvalue weighted by molar-refractivity contribution is 0.0540. The molecule has 1 aromatic heterocycles. The van der Waals surface area contributed by atoms with Crippen LogP contribution < -0.4 is 0 Å². The molecule has 1 unspecified atom stereocenters. The first-order chi connectivity index (χ1) is 7.60. The number of nitrogens with zero attached hydrogens (tertiary/aromatic N) is 3. The van der Waals surface area contributed by atoms with E-state index >= 15 is 0 Å². The van der Waals surface area contributed by atoms with Crippen LogP contribution in [0, 0.1) is 11.3 Å². The zero-order valence-corrected chi connectivity index (χ0v) is 11.1. The van der Waals surface area contributed by atoms with Crippen molar-refractivity contribution >= 4 is 35.8 Å². The van der Waals surface area contributed by atoms with Crippen molar-refractivity contribution in [2.45, 2.75) is 31.9 Å². The summed E-state index contributed by atoms with van der Waals surface area (Å²) < 4.78 is 6.80. The first kappa shape index (κ1) is 13.7. The zero-order valence-electron chi connectivity index (χ0n) is 8.65. The third kappa shape index (κ3) is 3.29. The third-order valence-corrected chi connectivity index (χ3v) is 3.05. The number of aromatic nitrogens is 2. The number of ether oxygens (including phenoxy) is 1. The fourth-order valence-corrected chi connectivity index (χ4v) is 1.78. The predicted molar refractivity (Wildman–Crippen MR) is 65.7 cm³/mol. The van der Waals surface area contributed by atoms with E-state index in [9.17, 15) is 0 Å². The Morgan fingerprint density at radius 1 is 1.62 bits per heavy atom. The molecule has 0 fully saturated rings. The van der Waals surface area contributed by atoms with E-state index in [1.807, 2.05) is 13.0 Å². The molecule has 88 valence electrons. The van der Waals surface area contributed by atoms with Gasteiger partial charge in [0.2, 0.25) is 5.82 Å². The average Bonchev–Trinajstić information content (AvgIpc) is 2.53. The molecule has 0 spiro atoms. The van der Waals surface area contributed by atoms with Gasteiger partial charge >= 0.3 is 0 Å². The van der Waals surface area contributed by atoms with E-state index in [-0.39, 0.29) is 28.3 Å². The molecule has 1 heterocycles. The van der Waals surface area contributed by atoms with Crippen molar-refractivity contribution < 1.29 is 4.74 Å². The lowest BCUT2D eigenvalue weighted by atomic mass is 10.4. The molecule has 1 aromatic rings. The van der Waals surface area contributed by atoms with Gasteiger partial charge in [0.05, 0.1) is 0 Å². The van der Waals surface area contributed by atoms with Crippen LogP contribution in [0.5, 0.6) is 0 Å². The maximum absolute atomic E-state index is 8.80. The Kier molecular flexibility index (Phi) is 5.42. The summed E-state index contributed by atoms with van der Waals surface area (Å²) in [4.78, 5) is 3.78. The highest BCUT2D eigenvalue weighted by atomic mass is 35.5. The van der Waals surface area contributed by atoms with Crippen molar-refractivity contribution in [2.75, 3.05) is 0 Å². The van der Waals surface area contributed by atoms with Crippen LogP contribution in [-0.2, 0) is 11.5 Å². The Morgan fingerprint density at radius 3 is 2.88 bits per heavy atom. The number of hydrogen-bond donors (Lipinski definition) is 1. The molecule has 0 saturated heterocycles. The SMILES string of the molecule is CCCC(S)OCn1c(C#N)nc(Cl)c1Cl. The number of halogens is 2. The van der Waals surface area contributed by atoms with Crippen molar-refractivity contribution in [2.24, 2.45) is 0 Å². The van der Waals surface area contributed by atoms with Crippen molar-refractivity contribution in [3.8, 4) is 6.07 Å². The van der Waals surface area contributed by atoms with Gasteiger partial charge in [-0.1, -0.05) is 36.5 Å². The third-order valence-electron chi connectivity index (χ3n) is 1.90. The Morgan fingerprint density at radius 2 is 2.31 bits per heavy atom. The first-order valence-electron chi connectivity index (χ1n) is 4.71. The molecule has 0 aromatic carbocycles. The van der Waals surface area contributed by atoms with E-state index in [1.54, 1.807) is 0 Å². The Balaban J connectivity index is 2.70. The molecule has 7 heteroatoms. The Hall–Kier alpha value is -0.410. The summed E-state index contributed by atoms with van der Waals surface area (Å²) >= 11 is 15.8. The molecule has 0 aliphatic rings. The molecular weight excluding hydrogens is 269 g/mol. The summed E-state index contributed by atoms with van der Waals surface area (Å²) in [5, 5.41) is 9.11. The summed E-state index contributed by atoms with van der Waals surface area (Å²) in [6.45, 7) is 2.16. The predicted octanol–water partition coefficient (Wildman–Crippen LogP) is 3.09. The Labute approximate surface area is 110 Å². The summed E-state index contributed by atoms with van der Waals surface area (Å²) in [7, 11) is 0. The van der Waals surface area contributed by atoms with Gasteiger partial charge in [-0.3, -0.25) is 4.57 Å². The maximum atomic E-state index is 8.80. The minimum atomic E-state index is -0.186. The van der Waals surface area contributed by atoms with Crippen LogP contribution in [-0.4, -0.2) is 15.0 Å². The average molecular weight is 280 g/mol. The van der Waals surface area contributed by atoms with Gasteiger partial charge in [-0.15, -0.1) is 12.6 Å². The summed E-state index contributed by atoms with van der Waals surface area (Å²) in [5.41, 5.74) is -0.186. The lowest BCUT2D eigenvalue weighted by Gasteiger charge is -2.12. The molecule has 0 radical (unpaired) electrons. The fourth-order valence-electron chi connectivity index (χ4n) is 1.10. The molecule has 0 aliphatic carbocycles. The van der Waals surface area contributed by atoms with E-state index in [0.717, 1.165) is 12.8 Å². The van der Waals surface area contributed by atoms with Gasteiger partial charge in [0.1, 0.15) is 18.2 Å². The molecular formula is C9H11Cl2N3OS. The smallest absolute Gasteiger partial charge is 0.217 e. The lowest BCUT2D eigenvalue weighted by Crippen LogP contribution is -2.11. The molecule has 0 aliphatic heterocycles. The number of imidazole rings is 1. The second kappa shape index (κ2) is 6.36. The van der Waals surface area contributed by atoms with E-state index < -0.39 is 0 Å². The molecule has 0 N–H and O–H groups in total. The number of nitriles is 1. The van der Waals surface area contributed by atoms with Gasteiger partial charge < -0.3 is 4.74 Å². The summed E-state index contributed by atoms with van der Waals surface area (Å²) in [6.07, 6.45) is 1.79. The Bertz CT molecular complexity index is 402. The van der Waals surface area contributed by atoms with Crippen LogP contribution >= 0.6 is 35.8 Å². The zero-order chi connectivity index (χ0) is 12.1. The normalized spacial score (nSPS) is 12.4. The van der Waals surface area contributed by atoms with E-state index in [0.29, 0.717) is 0 Å². The minimum absolute atomic E-state index is 0.105. The molecule has 0 saturated carbocycles.